The molecule has 8 heteroatoms. The summed E-state index contributed by atoms with van der Waals surface area (Å²) in [5.74, 6) is 1.41. The fourth-order valence-corrected chi connectivity index (χ4v) is 3.98. The van der Waals surface area contributed by atoms with Crippen molar-refractivity contribution in [3.63, 3.8) is 0 Å². The zero-order valence-electron chi connectivity index (χ0n) is 17.6. The largest absolute Gasteiger partial charge is 0.444 e. The molecule has 2 unspecified atom stereocenters. The summed E-state index contributed by atoms with van der Waals surface area (Å²) in [6, 6.07) is 17.7. The van der Waals surface area contributed by atoms with Crippen molar-refractivity contribution in [2.45, 2.75) is 19.4 Å². The molecule has 0 radical (unpaired) electrons. The molecule has 1 fully saturated rings. The Morgan fingerprint density at radius 2 is 1.91 bits per heavy atom. The van der Waals surface area contributed by atoms with Gasteiger partial charge in [-0.15, -0.1) is 0 Å². The van der Waals surface area contributed by atoms with E-state index in [0.29, 0.717) is 23.2 Å². The number of rotatable bonds is 5. The maximum atomic E-state index is 12.8. The predicted octanol–water partition coefficient (Wildman–Crippen LogP) is 4.04. The molecule has 0 saturated carbocycles. The number of aromatic nitrogens is 3. The maximum absolute atomic E-state index is 12.8. The quantitative estimate of drug-likeness (QED) is 0.511. The number of amides is 1. The van der Waals surface area contributed by atoms with Gasteiger partial charge in [0.25, 0.3) is 5.91 Å². The van der Waals surface area contributed by atoms with Gasteiger partial charge >= 0.3 is 6.01 Å². The van der Waals surface area contributed by atoms with E-state index < -0.39 is 0 Å². The van der Waals surface area contributed by atoms with Crippen LogP contribution in [0.4, 0.5) is 6.01 Å². The third kappa shape index (κ3) is 4.12. The first-order chi connectivity index (χ1) is 15.7. The third-order valence-electron chi connectivity index (χ3n) is 5.80. The molecule has 1 N–H and O–H groups in total. The Morgan fingerprint density at radius 3 is 2.62 bits per heavy atom. The van der Waals surface area contributed by atoms with Gasteiger partial charge in [-0.3, -0.25) is 4.79 Å². The molecule has 162 valence electrons. The smallest absolute Gasteiger partial charge is 0.324 e. The summed E-state index contributed by atoms with van der Waals surface area (Å²) in [6.07, 6.45) is 3.84. The second-order valence-corrected chi connectivity index (χ2v) is 8.00. The van der Waals surface area contributed by atoms with E-state index in [0.717, 1.165) is 30.6 Å². The molecule has 3 heterocycles. The third-order valence-corrected chi connectivity index (χ3v) is 5.80. The normalized spacial score (nSPS) is 18.5. The van der Waals surface area contributed by atoms with Gasteiger partial charge in [0.2, 0.25) is 5.82 Å². The van der Waals surface area contributed by atoms with Gasteiger partial charge in [0.05, 0.1) is 6.20 Å². The Bertz CT molecular complexity index is 1170. The standard InChI is InChI=1S/C24H23N5O3/c1-16-14-29(24-27-22(28-32-24)18-5-3-2-4-6-18)12-11-20(16)26-23(30)19-9-7-17(8-10-19)21-13-25-15-31-21/h2-10,13,15-16,20H,11-12,14H2,1H3,(H,26,30). The second-order valence-electron chi connectivity index (χ2n) is 8.00. The number of benzene rings is 2. The Labute approximate surface area is 185 Å². The van der Waals surface area contributed by atoms with Crippen LogP contribution in [0.25, 0.3) is 22.7 Å². The van der Waals surface area contributed by atoms with Crippen LogP contribution in [0, 0.1) is 5.92 Å². The van der Waals surface area contributed by atoms with Crippen molar-refractivity contribution in [3.05, 3.63) is 72.8 Å². The van der Waals surface area contributed by atoms with Gasteiger partial charge in [-0.05, 0) is 24.5 Å². The number of hydrogen-bond acceptors (Lipinski definition) is 7. The highest BCUT2D eigenvalue weighted by Crippen LogP contribution is 2.25. The van der Waals surface area contributed by atoms with E-state index in [9.17, 15) is 4.79 Å². The first-order valence-corrected chi connectivity index (χ1v) is 10.6. The van der Waals surface area contributed by atoms with Gasteiger partial charge in [0, 0.05) is 35.8 Å². The lowest BCUT2D eigenvalue weighted by molar-refractivity contribution is 0.0917. The van der Waals surface area contributed by atoms with E-state index in [1.807, 2.05) is 42.5 Å². The van der Waals surface area contributed by atoms with Crippen LogP contribution in [-0.4, -0.2) is 40.2 Å². The summed E-state index contributed by atoms with van der Waals surface area (Å²) < 4.78 is 10.8. The summed E-state index contributed by atoms with van der Waals surface area (Å²) in [5, 5.41) is 7.29. The minimum Gasteiger partial charge on any atom is -0.444 e. The number of oxazole rings is 1. The minimum atomic E-state index is -0.0800. The van der Waals surface area contributed by atoms with Crippen molar-refractivity contribution < 1.29 is 13.7 Å². The van der Waals surface area contributed by atoms with Gasteiger partial charge in [-0.1, -0.05) is 54.5 Å². The van der Waals surface area contributed by atoms with Crippen molar-refractivity contribution in [1.82, 2.24) is 20.4 Å². The average Bonchev–Trinajstić information content (AvgIpc) is 3.54. The van der Waals surface area contributed by atoms with Gasteiger partial charge < -0.3 is 19.2 Å². The Morgan fingerprint density at radius 1 is 1.09 bits per heavy atom. The lowest BCUT2D eigenvalue weighted by Gasteiger charge is -2.36. The fourth-order valence-electron chi connectivity index (χ4n) is 3.98. The molecule has 2 atom stereocenters. The molecular weight excluding hydrogens is 406 g/mol. The van der Waals surface area contributed by atoms with Crippen LogP contribution in [0.3, 0.4) is 0 Å². The predicted molar refractivity (Wildman–Crippen MR) is 119 cm³/mol. The van der Waals surface area contributed by atoms with Gasteiger partial charge in [-0.2, -0.15) is 4.98 Å². The zero-order chi connectivity index (χ0) is 21.9. The number of carbonyl (C=O) groups excluding carboxylic acids is 1. The molecule has 1 aliphatic rings. The fraction of sp³-hybridized carbons (Fsp3) is 0.250. The molecule has 2 aromatic heterocycles. The topological polar surface area (TPSA) is 97.3 Å². The van der Waals surface area contributed by atoms with Crippen LogP contribution in [0.15, 0.2) is 76.1 Å². The van der Waals surface area contributed by atoms with E-state index in [1.54, 1.807) is 18.3 Å². The second kappa shape index (κ2) is 8.66. The lowest BCUT2D eigenvalue weighted by atomic mass is 9.93. The van der Waals surface area contributed by atoms with Crippen LogP contribution in [0.5, 0.6) is 0 Å². The van der Waals surface area contributed by atoms with Gasteiger partial charge in [-0.25, -0.2) is 4.98 Å². The highest BCUT2D eigenvalue weighted by atomic mass is 16.5. The first-order valence-electron chi connectivity index (χ1n) is 10.6. The van der Waals surface area contributed by atoms with E-state index in [-0.39, 0.29) is 17.9 Å². The molecule has 4 aromatic rings. The maximum Gasteiger partial charge on any atom is 0.324 e. The summed E-state index contributed by atoms with van der Waals surface area (Å²) in [7, 11) is 0. The first kappa shape index (κ1) is 20.0. The zero-order valence-corrected chi connectivity index (χ0v) is 17.6. The lowest BCUT2D eigenvalue weighted by Crippen LogP contribution is -2.50. The molecule has 1 saturated heterocycles. The highest BCUT2D eigenvalue weighted by Gasteiger charge is 2.30. The van der Waals surface area contributed by atoms with Crippen molar-refractivity contribution in [3.8, 4) is 22.7 Å². The number of piperidine rings is 1. The monoisotopic (exact) mass is 429 g/mol. The van der Waals surface area contributed by atoms with E-state index in [2.05, 4.69) is 32.3 Å². The molecule has 0 aliphatic carbocycles. The molecule has 32 heavy (non-hydrogen) atoms. The Kier molecular flexibility index (Phi) is 5.41. The average molecular weight is 429 g/mol. The number of anilines is 1. The molecule has 5 rings (SSSR count). The van der Waals surface area contributed by atoms with Crippen molar-refractivity contribution >= 4 is 11.9 Å². The van der Waals surface area contributed by atoms with Crippen LogP contribution < -0.4 is 10.2 Å². The Hall–Kier alpha value is -3.94. The summed E-state index contributed by atoms with van der Waals surface area (Å²) in [4.78, 5) is 23.3. The van der Waals surface area contributed by atoms with E-state index >= 15 is 0 Å². The van der Waals surface area contributed by atoms with Crippen LogP contribution in [0.2, 0.25) is 0 Å². The van der Waals surface area contributed by atoms with Crippen LogP contribution in [0.1, 0.15) is 23.7 Å². The molecular formula is C24H23N5O3. The number of hydrogen-bond donors (Lipinski definition) is 1. The van der Waals surface area contributed by atoms with Crippen molar-refractivity contribution in [2.75, 3.05) is 18.0 Å². The summed E-state index contributed by atoms with van der Waals surface area (Å²) in [6.45, 7) is 3.58. The summed E-state index contributed by atoms with van der Waals surface area (Å²) in [5.41, 5.74) is 2.43. The molecule has 0 spiro atoms. The SMILES string of the molecule is CC1CN(c2nc(-c3ccccc3)no2)CCC1NC(=O)c1ccc(-c2cnco2)cc1. The molecule has 0 bridgehead atoms. The van der Waals surface area contributed by atoms with E-state index in [1.165, 1.54) is 6.39 Å². The van der Waals surface area contributed by atoms with Crippen LogP contribution >= 0.6 is 0 Å². The van der Waals surface area contributed by atoms with Crippen LogP contribution in [-0.2, 0) is 0 Å². The van der Waals surface area contributed by atoms with Crippen molar-refractivity contribution in [1.29, 1.82) is 0 Å². The van der Waals surface area contributed by atoms with Crippen molar-refractivity contribution in [2.24, 2.45) is 5.92 Å². The van der Waals surface area contributed by atoms with Gasteiger partial charge in [0.15, 0.2) is 12.2 Å². The molecule has 1 aliphatic heterocycles. The molecule has 1 amide bonds. The minimum absolute atomic E-state index is 0.0733. The molecule has 8 nitrogen and oxygen atoms in total. The number of carbonyl (C=O) groups is 1. The highest BCUT2D eigenvalue weighted by molar-refractivity contribution is 5.94. The summed E-state index contributed by atoms with van der Waals surface area (Å²) >= 11 is 0. The number of nitrogens with zero attached hydrogens (tertiary/aromatic N) is 4. The van der Waals surface area contributed by atoms with E-state index in [4.69, 9.17) is 8.94 Å². The number of nitrogens with one attached hydrogen (secondary N) is 1. The van der Waals surface area contributed by atoms with Gasteiger partial charge in [0.1, 0.15) is 0 Å². The Balaban J connectivity index is 1.20. The molecule has 2 aromatic carbocycles.